The maximum atomic E-state index is 14.7. The predicted molar refractivity (Wildman–Crippen MR) is 288 cm³/mol. The van der Waals surface area contributed by atoms with Crippen molar-refractivity contribution in [3.63, 3.8) is 0 Å². The summed E-state index contributed by atoms with van der Waals surface area (Å²) in [4.78, 5) is 107. The lowest BCUT2D eigenvalue weighted by Crippen LogP contribution is -2.60. The number of para-hydroxylation sites is 1. The fraction of sp³-hybridized carbons (Fsp3) is 0.737. The van der Waals surface area contributed by atoms with Crippen LogP contribution in [0.3, 0.4) is 0 Å². The van der Waals surface area contributed by atoms with Crippen molar-refractivity contribution in [1.82, 2.24) is 35.2 Å². The summed E-state index contributed by atoms with van der Waals surface area (Å²) in [5.41, 5.74) is 0.353. The number of ether oxygens (including phenoxy) is 3. The molecular weight excluding hydrogens is 943 g/mol. The number of imide groups is 1. The predicted octanol–water partition coefficient (Wildman–Crippen LogP) is 6.90. The third kappa shape index (κ3) is 15.8. The van der Waals surface area contributed by atoms with Crippen LogP contribution in [0.5, 0.6) is 0 Å². The lowest BCUT2D eigenvalue weighted by Gasteiger charge is -2.41. The van der Waals surface area contributed by atoms with Gasteiger partial charge < -0.3 is 39.6 Å². The van der Waals surface area contributed by atoms with Crippen LogP contribution in [0.2, 0.25) is 0 Å². The van der Waals surface area contributed by atoms with Gasteiger partial charge in [0.2, 0.25) is 35.4 Å². The van der Waals surface area contributed by atoms with E-state index in [-0.39, 0.29) is 66.6 Å². The smallest absolute Gasteiger partial charge is 0.329 e. The number of benzene rings is 1. The van der Waals surface area contributed by atoms with Gasteiger partial charge in [0.25, 0.3) is 0 Å². The minimum absolute atomic E-state index is 0.0341. The van der Waals surface area contributed by atoms with Crippen LogP contribution in [0.1, 0.15) is 146 Å². The summed E-state index contributed by atoms with van der Waals surface area (Å²) in [6.45, 7) is 24.1. The van der Waals surface area contributed by atoms with Gasteiger partial charge in [-0.1, -0.05) is 99.8 Å². The number of aromatic nitrogens is 1. The molecular formula is C57H93N7O10. The van der Waals surface area contributed by atoms with Crippen LogP contribution >= 0.6 is 0 Å². The highest BCUT2D eigenvalue weighted by Gasteiger charge is 2.46. The summed E-state index contributed by atoms with van der Waals surface area (Å²) in [6, 6.07) is 4.46. The first kappa shape index (κ1) is 61.7. The Morgan fingerprint density at radius 3 is 2.14 bits per heavy atom. The van der Waals surface area contributed by atoms with Gasteiger partial charge in [0, 0.05) is 64.3 Å². The molecule has 74 heavy (non-hydrogen) atoms. The number of methoxy groups -OCH3 is 2. The second-order valence-corrected chi connectivity index (χ2v) is 23.5. The van der Waals surface area contributed by atoms with E-state index in [1.807, 2.05) is 97.8 Å². The summed E-state index contributed by atoms with van der Waals surface area (Å²) in [5.74, 6) is -3.02. The highest BCUT2D eigenvalue weighted by molar-refractivity contribution is 6.05. The molecule has 2 saturated heterocycles. The number of esters is 1. The molecule has 0 radical (unpaired) electrons. The van der Waals surface area contributed by atoms with Crippen molar-refractivity contribution in [2.75, 3.05) is 47.9 Å². The van der Waals surface area contributed by atoms with E-state index < -0.39 is 71.2 Å². The molecule has 17 heteroatoms. The molecule has 1 aromatic carbocycles. The van der Waals surface area contributed by atoms with Gasteiger partial charge in [-0.2, -0.15) is 0 Å². The SMILES string of the molecule is CCC(C)C(C(CC(=O)N1CCCC1C(OC)C(C)C(=O)N[C@@H](Cc1c[nH]c2ccccc12)C(=O)OC(C)(C)C)OC)N(C)C(=O)[C@@H](NC(=O)C(C(C)C)N(C)CCCCCCN1C(=O)CC(C)(C)C1=O)C(C)C. The van der Waals surface area contributed by atoms with Gasteiger partial charge in [0.05, 0.1) is 48.1 Å². The second kappa shape index (κ2) is 27.3. The van der Waals surface area contributed by atoms with Gasteiger partial charge in [0.15, 0.2) is 0 Å². The molecule has 2 aromatic rings. The van der Waals surface area contributed by atoms with Crippen molar-refractivity contribution in [2.45, 2.75) is 195 Å². The Morgan fingerprint density at radius 1 is 0.892 bits per heavy atom. The maximum absolute atomic E-state index is 14.7. The van der Waals surface area contributed by atoms with Crippen LogP contribution in [-0.2, 0) is 54.2 Å². The van der Waals surface area contributed by atoms with Crippen LogP contribution in [0.15, 0.2) is 30.5 Å². The molecule has 2 aliphatic heterocycles. The highest BCUT2D eigenvalue weighted by atomic mass is 16.6. The lowest BCUT2D eigenvalue weighted by molar-refractivity contribution is -0.159. The molecule has 6 amide bonds. The first-order chi connectivity index (χ1) is 34.7. The molecule has 17 nitrogen and oxygen atoms in total. The number of hydrogen-bond donors (Lipinski definition) is 3. The zero-order valence-electron chi connectivity index (χ0n) is 47.8. The molecule has 4 rings (SSSR count). The number of hydrogen-bond acceptors (Lipinski definition) is 11. The van der Waals surface area contributed by atoms with Crippen molar-refractivity contribution in [3.05, 3.63) is 36.0 Å². The van der Waals surface area contributed by atoms with E-state index in [1.165, 1.54) is 12.0 Å². The number of likely N-dealkylation sites (N-methyl/N-ethyl adjacent to an activating group) is 2. The van der Waals surface area contributed by atoms with E-state index in [0.29, 0.717) is 38.9 Å². The largest absolute Gasteiger partial charge is 0.458 e. The number of aromatic amines is 1. The van der Waals surface area contributed by atoms with Gasteiger partial charge in [-0.25, -0.2) is 4.79 Å². The van der Waals surface area contributed by atoms with Crippen molar-refractivity contribution < 1.29 is 47.8 Å². The number of nitrogens with one attached hydrogen (secondary N) is 3. The Morgan fingerprint density at radius 2 is 1.55 bits per heavy atom. The van der Waals surface area contributed by atoms with E-state index in [2.05, 4.69) is 15.6 Å². The summed E-state index contributed by atoms with van der Waals surface area (Å²) >= 11 is 0. The summed E-state index contributed by atoms with van der Waals surface area (Å²) in [5, 5.41) is 7.05. The third-order valence-electron chi connectivity index (χ3n) is 15.3. The number of nitrogens with zero attached hydrogens (tertiary/aromatic N) is 4. The molecule has 0 bridgehead atoms. The molecule has 2 fully saturated rings. The van der Waals surface area contributed by atoms with Crippen molar-refractivity contribution in [2.24, 2.45) is 29.1 Å². The lowest BCUT2D eigenvalue weighted by atomic mass is 9.89. The molecule has 416 valence electrons. The number of likely N-dealkylation sites (tertiary alicyclic amines) is 2. The van der Waals surface area contributed by atoms with Crippen molar-refractivity contribution in [1.29, 1.82) is 0 Å². The van der Waals surface area contributed by atoms with Gasteiger partial charge >= 0.3 is 5.97 Å². The van der Waals surface area contributed by atoms with E-state index in [1.54, 1.807) is 51.7 Å². The normalized spacial score (nSPS) is 19.4. The van der Waals surface area contributed by atoms with Crippen LogP contribution in [0.4, 0.5) is 0 Å². The number of carbonyl (C=O) groups excluding carboxylic acids is 7. The second-order valence-electron chi connectivity index (χ2n) is 23.5. The number of amides is 6. The van der Waals surface area contributed by atoms with E-state index >= 15 is 0 Å². The molecule has 2 aliphatic rings. The van der Waals surface area contributed by atoms with Gasteiger partial charge in [0.1, 0.15) is 17.7 Å². The number of carbonyl (C=O) groups is 7. The van der Waals surface area contributed by atoms with Crippen LogP contribution in [-0.4, -0.2) is 162 Å². The maximum Gasteiger partial charge on any atom is 0.329 e. The van der Waals surface area contributed by atoms with Gasteiger partial charge in [-0.3, -0.25) is 38.6 Å². The molecule has 1 aromatic heterocycles. The summed E-state index contributed by atoms with van der Waals surface area (Å²) in [7, 11) is 6.74. The van der Waals surface area contributed by atoms with E-state index in [9.17, 15) is 33.6 Å². The Bertz CT molecular complexity index is 2220. The summed E-state index contributed by atoms with van der Waals surface area (Å²) in [6.07, 6.45) is 6.13. The number of fused-ring (bicyclic) bond motifs is 1. The molecule has 3 N–H and O–H groups in total. The fourth-order valence-corrected chi connectivity index (χ4v) is 11.1. The van der Waals surface area contributed by atoms with E-state index in [0.717, 1.165) is 42.1 Å². The molecule has 0 saturated carbocycles. The average molecular weight is 1040 g/mol. The van der Waals surface area contributed by atoms with E-state index in [4.69, 9.17) is 14.2 Å². The number of rotatable bonds is 28. The highest BCUT2D eigenvalue weighted by Crippen LogP contribution is 2.33. The molecule has 9 atom stereocenters. The van der Waals surface area contributed by atoms with Gasteiger partial charge in [-0.05, 0) is 89.4 Å². The first-order valence-corrected chi connectivity index (χ1v) is 27.2. The Hall–Kier alpha value is -4.87. The zero-order valence-corrected chi connectivity index (χ0v) is 47.8. The molecule has 0 aliphatic carbocycles. The Kier molecular flexibility index (Phi) is 22.7. The summed E-state index contributed by atoms with van der Waals surface area (Å²) < 4.78 is 18.0. The monoisotopic (exact) mass is 1040 g/mol. The minimum Gasteiger partial charge on any atom is -0.458 e. The fourth-order valence-electron chi connectivity index (χ4n) is 11.1. The van der Waals surface area contributed by atoms with Crippen molar-refractivity contribution >= 4 is 52.3 Å². The van der Waals surface area contributed by atoms with Crippen LogP contribution < -0.4 is 10.6 Å². The first-order valence-electron chi connectivity index (χ1n) is 27.2. The average Bonchev–Trinajstić information content (AvgIpc) is 4.03. The standard InChI is InChI=1S/C57H93N7O10/c1-17-37(6)49(62(14)53(69)47(35(2)3)60-52(68)48(36(4)5)61(13)28-22-18-19-23-29-64-46(66)33-57(11,12)55(64)71)44(72-15)32-45(65)63-30-24-27-43(63)50(73-16)38(7)51(67)59-42(54(70)74-56(8,9)10)31-39-34-58-41-26-21-20-25-40(39)41/h20-21,25-26,34-38,42-44,47-50,58H,17-19,22-24,27-33H2,1-16H3,(H,59,67)(H,60,68)/t37?,38?,42-,43?,44?,47-,48?,49?,50?/m0/s1. The van der Waals surface area contributed by atoms with Crippen LogP contribution in [0.25, 0.3) is 10.9 Å². The Balaban J connectivity index is 1.43. The molecule has 7 unspecified atom stereocenters. The number of H-pyrrole nitrogens is 1. The number of unbranched alkanes of at least 4 members (excludes halogenated alkanes) is 3. The van der Waals surface area contributed by atoms with Crippen molar-refractivity contribution in [3.8, 4) is 0 Å². The molecule has 0 spiro atoms. The molecule has 3 heterocycles. The zero-order chi connectivity index (χ0) is 55.4. The van der Waals surface area contributed by atoms with Crippen LogP contribution in [0, 0.1) is 29.1 Å². The van der Waals surface area contributed by atoms with Gasteiger partial charge in [-0.15, -0.1) is 0 Å². The Labute approximate surface area is 442 Å². The topological polar surface area (TPSA) is 200 Å². The third-order valence-corrected chi connectivity index (χ3v) is 15.3. The quantitative estimate of drug-likeness (QED) is 0.0455. The minimum atomic E-state index is -0.987.